The van der Waals surface area contributed by atoms with Crippen molar-refractivity contribution in [2.45, 2.75) is 39.2 Å². The largest absolute Gasteiger partial charge is 0.370 e. The van der Waals surface area contributed by atoms with Crippen molar-refractivity contribution >= 4 is 5.82 Å². The summed E-state index contributed by atoms with van der Waals surface area (Å²) >= 11 is 0. The molecule has 0 saturated heterocycles. The molecule has 3 heterocycles. The van der Waals surface area contributed by atoms with Crippen molar-refractivity contribution in [3.8, 4) is 11.4 Å². The van der Waals surface area contributed by atoms with E-state index in [0.717, 1.165) is 54.8 Å². The molecule has 0 radical (unpaired) electrons. The fourth-order valence-corrected chi connectivity index (χ4v) is 3.44. The molecular formula is C20H24N6. The third-order valence-corrected chi connectivity index (χ3v) is 4.85. The lowest BCUT2D eigenvalue weighted by Crippen LogP contribution is -2.27. The van der Waals surface area contributed by atoms with Crippen LogP contribution in [0.3, 0.4) is 0 Å². The van der Waals surface area contributed by atoms with Crippen molar-refractivity contribution in [1.29, 1.82) is 0 Å². The van der Waals surface area contributed by atoms with Gasteiger partial charge < -0.3 is 9.88 Å². The first-order chi connectivity index (χ1) is 12.7. The Bertz CT molecular complexity index is 871. The van der Waals surface area contributed by atoms with Crippen LogP contribution in [0.5, 0.6) is 0 Å². The van der Waals surface area contributed by atoms with E-state index in [2.05, 4.69) is 43.9 Å². The van der Waals surface area contributed by atoms with Gasteiger partial charge in [-0.2, -0.15) is 0 Å². The second-order valence-corrected chi connectivity index (χ2v) is 7.16. The van der Waals surface area contributed by atoms with Gasteiger partial charge in [0.2, 0.25) is 0 Å². The van der Waals surface area contributed by atoms with E-state index in [0.29, 0.717) is 11.8 Å². The lowest BCUT2D eigenvalue weighted by Gasteiger charge is -2.25. The predicted octanol–water partition coefficient (Wildman–Crippen LogP) is 3.53. The highest BCUT2D eigenvalue weighted by atomic mass is 15.3. The van der Waals surface area contributed by atoms with E-state index in [1.54, 1.807) is 0 Å². The third kappa shape index (κ3) is 3.45. The smallest absolute Gasteiger partial charge is 0.161 e. The number of benzene rings is 1. The number of hydrogen-bond donors (Lipinski definition) is 1. The van der Waals surface area contributed by atoms with Gasteiger partial charge in [0, 0.05) is 37.2 Å². The Hall–Kier alpha value is -2.76. The van der Waals surface area contributed by atoms with Gasteiger partial charge >= 0.3 is 0 Å². The molecule has 0 spiro atoms. The van der Waals surface area contributed by atoms with Gasteiger partial charge in [0.25, 0.3) is 0 Å². The predicted molar refractivity (Wildman–Crippen MR) is 102 cm³/mol. The van der Waals surface area contributed by atoms with Gasteiger partial charge in [0.05, 0.1) is 0 Å². The molecule has 0 unspecified atom stereocenters. The number of aryl methyl sites for hydroxylation is 1. The first-order valence-corrected chi connectivity index (χ1v) is 9.25. The molecule has 26 heavy (non-hydrogen) atoms. The molecule has 0 fully saturated rings. The second kappa shape index (κ2) is 7.23. The molecule has 6 nitrogen and oxygen atoms in total. The summed E-state index contributed by atoms with van der Waals surface area (Å²) in [7, 11) is 0. The van der Waals surface area contributed by atoms with Crippen LogP contribution < -0.4 is 5.32 Å². The van der Waals surface area contributed by atoms with Crippen molar-refractivity contribution in [3.05, 3.63) is 54.2 Å². The summed E-state index contributed by atoms with van der Waals surface area (Å²) in [6.45, 7) is 6.20. The van der Waals surface area contributed by atoms with Gasteiger partial charge in [-0.3, -0.25) is 0 Å². The van der Waals surface area contributed by atoms with Crippen LogP contribution >= 0.6 is 0 Å². The maximum atomic E-state index is 4.65. The Balaban J connectivity index is 1.43. The topological polar surface area (TPSA) is 68.5 Å². The highest BCUT2D eigenvalue weighted by molar-refractivity contribution is 5.56. The summed E-state index contributed by atoms with van der Waals surface area (Å²) in [5.41, 5.74) is 1.03. The minimum atomic E-state index is 0.401. The molecule has 0 saturated carbocycles. The molecule has 1 aliphatic rings. The summed E-state index contributed by atoms with van der Waals surface area (Å²) in [5, 5.41) is 12.2. The van der Waals surface area contributed by atoms with E-state index in [-0.39, 0.29) is 0 Å². The number of fused-ring (bicyclic) bond motifs is 1. The van der Waals surface area contributed by atoms with Gasteiger partial charge in [-0.25, -0.2) is 9.97 Å². The van der Waals surface area contributed by atoms with E-state index in [1.807, 2.05) is 42.6 Å². The molecule has 134 valence electrons. The quantitative estimate of drug-likeness (QED) is 0.764. The zero-order chi connectivity index (χ0) is 17.9. The van der Waals surface area contributed by atoms with E-state index >= 15 is 0 Å². The van der Waals surface area contributed by atoms with E-state index in [1.165, 1.54) is 0 Å². The third-order valence-electron chi connectivity index (χ3n) is 4.85. The van der Waals surface area contributed by atoms with Crippen LogP contribution in [0.1, 0.15) is 37.8 Å². The van der Waals surface area contributed by atoms with E-state index < -0.39 is 0 Å². The molecule has 0 amide bonds. The van der Waals surface area contributed by atoms with Crippen LogP contribution in [0.4, 0.5) is 5.82 Å². The SMILES string of the molecule is CC(C)c1nnc2n1C[C@H](CNc1ccnc(-c3ccccc3)n1)CC2. The van der Waals surface area contributed by atoms with Gasteiger partial charge in [-0.05, 0) is 18.4 Å². The van der Waals surface area contributed by atoms with Crippen LogP contribution in [0.15, 0.2) is 42.6 Å². The van der Waals surface area contributed by atoms with Crippen LogP contribution in [0.2, 0.25) is 0 Å². The number of anilines is 1. The molecule has 1 N–H and O–H groups in total. The molecule has 4 rings (SSSR count). The molecular weight excluding hydrogens is 324 g/mol. The van der Waals surface area contributed by atoms with Crippen LogP contribution in [0, 0.1) is 5.92 Å². The molecule has 0 bridgehead atoms. The average molecular weight is 348 g/mol. The van der Waals surface area contributed by atoms with Crippen molar-refractivity contribution in [1.82, 2.24) is 24.7 Å². The van der Waals surface area contributed by atoms with Crippen LogP contribution in [-0.4, -0.2) is 31.3 Å². The molecule has 1 aromatic carbocycles. The normalized spacial score (nSPS) is 16.5. The fourth-order valence-electron chi connectivity index (χ4n) is 3.44. The number of nitrogens with one attached hydrogen (secondary N) is 1. The van der Waals surface area contributed by atoms with Gasteiger partial charge in [0.1, 0.15) is 17.5 Å². The number of nitrogens with zero attached hydrogens (tertiary/aromatic N) is 5. The monoisotopic (exact) mass is 348 g/mol. The average Bonchev–Trinajstić information content (AvgIpc) is 3.11. The Morgan fingerprint density at radius 1 is 1.15 bits per heavy atom. The van der Waals surface area contributed by atoms with Crippen molar-refractivity contribution in [3.63, 3.8) is 0 Å². The highest BCUT2D eigenvalue weighted by Crippen LogP contribution is 2.24. The Labute approximate surface area is 153 Å². The Morgan fingerprint density at radius 3 is 2.81 bits per heavy atom. The summed E-state index contributed by atoms with van der Waals surface area (Å²) < 4.78 is 2.30. The summed E-state index contributed by atoms with van der Waals surface area (Å²) in [4.78, 5) is 9.04. The van der Waals surface area contributed by atoms with Gasteiger partial charge in [-0.1, -0.05) is 44.2 Å². The Morgan fingerprint density at radius 2 is 2.00 bits per heavy atom. The number of aromatic nitrogens is 5. The van der Waals surface area contributed by atoms with Gasteiger partial charge in [0.15, 0.2) is 5.82 Å². The number of rotatable bonds is 5. The standard InChI is InChI=1S/C20H24N6/c1-14(2)20-25-24-18-9-8-15(13-26(18)20)12-22-17-10-11-21-19(23-17)16-6-4-3-5-7-16/h3-7,10-11,14-15H,8-9,12-13H2,1-2H3,(H,21,22,23)/t15-/m0/s1. The van der Waals surface area contributed by atoms with Crippen molar-refractivity contribution in [2.75, 3.05) is 11.9 Å². The maximum absolute atomic E-state index is 4.65. The molecule has 1 atom stereocenters. The summed E-state index contributed by atoms with van der Waals surface area (Å²) in [5.74, 6) is 4.79. The first kappa shape index (κ1) is 16.7. The second-order valence-electron chi connectivity index (χ2n) is 7.16. The summed E-state index contributed by atoms with van der Waals surface area (Å²) in [6, 6.07) is 12.0. The van der Waals surface area contributed by atoms with Gasteiger partial charge in [-0.15, -0.1) is 10.2 Å². The summed E-state index contributed by atoms with van der Waals surface area (Å²) in [6.07, 6.45) is 3.93. The van der Waals surface area contributed by atoms with E-state index in [9.17, 15) is 0 Å². The van der Waals surface area contributed by atoms with Crippen molar-refractivity contribution in [2.24, 2.45) is 5.92 Å². The van der Waals surface area contributed by atoms with Crippen molar-refractivity contribution < 1.29 is 0 Å². The molecule has 3 aromatic rings. The van der Waals surface area contributed by atoms with Crippen LogP contribution in [0.25, 0.3) is 11.4 Å². The van der Waals surface area contributed by atoms with Crippen LogP contribution in [-0.2, 0) is 13.0 Å². The highest BCUT2D eigenvalue weighted by Gasteiger charge is 2.23. The van der Waals surface area contributed by atoms with E-state index in [4.69, 9.17) is 0 Å². The lowest BCUT2D eigenvalue weighted by molar-refractivity contribution is 0.371. The lowest BCUT2D eigenvalue weighted by atomic mass is 9.98. The minimum Gasteiger partial charge on any atom is -0.370 e. The molecule has 1 aliphatic heterocycles. The maximum Gasteiger partial charge on any atom is 0.161 e. The molecule has 0 aliphatic carbocycles. The zero-order valence-corrected chi connectivity index (χ0v) is 15.3. The minimum absolute atomic E-state index is 0.401. The Kier molecular flexibility index (Phi) is 4.65. The molecule has 2 aromatic heterocycles. The first-order valence-electron chi connectivity index (χ1n) is 9.25. The fraction of sp³-hybridized carbons (Fsp3) is 0.400. The zero-order valence-electron chi connectivity index (χ0n) is 15.3. The number of hydrogen-bond acceptors (Lipinski definition) is 5. The molecule has 6 heteroatoms.